The molecule has 1 fully saturated rings. The van der Waals surface area contributed by atoms with Crippen molar-refractivity contribution < 1.29 is 38.8 Å². The Morgan fingerprint density at radius 2 is 1.50 bits per heavy atom. The van der Waals surface area contributed by atoms with Crippen LogP contribution in [0.15, 0.2) is 47.4 Å². The quantitative estimate of drug-likeness (QED) is 0.585. The van der Waals surface area contributed by atoms with Gasteiger partial charge in [-0.2, -0.15) is 13.2 Å². The molecular formula is C19H17ClF5NO4S2. The van der Waals surface area contributed by atoms with Gasteiger partial charge in [0.1, 0.15) is 16.4 Å². The molecule has 176 valence electrons. The smallest absolute Gasteiger partial charge is 0.223 e. The van der Waals surface area contributed by atoms with Gasteiger partial charge in [-0.25, -0.2) is 30.3 Å². The van der Waals surface area contributed by atoms with E-state index in [1.165, 1.54) is 29.0 Å². The Hall–Kier alpha value is -1.76. The highest BCUT2D eigenvalue weighted by atomic mass is 35.5. The average Bonchev–Trinajstić information content (AvgIpc) is 2.69. The molecule has 2 aromatic rings. The van der Waals surface area contributed by atoms with Gasteiger partial charge in [0, 0.05) is 16.6 Å². The van der Waals surface area contributed by atoms with Gasteiger partial charge >= 0.3 is 15.5 Å². The molecular weight excluding hydrogens is 501 g/mol. The fourth-order valence-electron chi connectivity index (χ4n) is 3.86. The maximum atomic E-state index is 14.7. The molecule has 0 spiro atoms. The van der Waals surface area contributed by atoms with Crippen molar-refractivity contribution in [3.05, 3.63) is 64.7 Å². The van der Waals surface area contributed by atoms with Gasteiger partial charge in [-0.3, -0.25) is 0 Å². The van der Waals surface area contributed by atoms with Crippen LogP contribution in [-0.4, -0.2) is 28.4 Å². The summed E-state index contributed by atoms with van der Waals surface area (Å²) in [6.45, 7) is 0. The highest BCUT2D eigenvalue weighted by molar-refractivity contribution is 7.92. The van der Waals surface area contributed by atoms with Gasteiger partial charge in [0.05, 0.1) is 4.90 Å². The molecule has 0 aromatic heterocycles. The molecule has 0 radical (unpaired) electrons. The highest BCUT2D eigenvalue weighted by Gasteiger charge is 2.52. The van der Waals surface area contributed by atoms with E-state index in [0.29, 0.717) is 0 Å². The Balaban J connectivity index is 2.05. The zero-order valence-electron chi connectivity index (χ0n) is 16.2. The first-order valence-corrected chi connectivity index (χ1v) is 12.6. The summed E-state index contributed by atoms with van der Waals surface area (Å²) in [7, 11) is -10.0. The van der Waals surface area contributed by atoms with Gasteiger partial charge in [-0.05, 0) is 68.1 Å². The molecule has 0 saturated heterocycles. The van der Waals surface area contributed by atoms with Crippen molar-refractivity contribution in [2.24, 2.45) is 0 Å². The molecule has 0 amide bonds. The van der Waals surface area contributed by atoms with Crippen molar-refractivity contribution in [1.29, 1.82) is 0 Å². The molecule has 1 aliphatic rings. The summed E-state index contributed by atoms with van der Waals surface area (Å²) in [5.74, 6) is -1.90. The second kappa shape index (κ2) is 8.54. The number of hydrogen-bond donors (Lipinski definition) is 1. The monoisotopic (exact) mass is 517 g/mol. The summed E-state index contributed by atoms with van der Waals surface area (Å²) in [6.07, 6.45) is -1.58. The number of alkyl halides is 3. The fraction of sp³-hybridized carbons (Fsp3) is 0.368. The van der Waals surface area contributed by atoms with Crippen LogP contribution >= 0.6 is 11.6 Å². The summed E-state index contributed by atoms with van der Waals surface area (Å²) < 4.78 is 116. The van der Waals surface area contributed by atoms with Crippen LogP contribution in [0, 0.1) is 11.6 Å². The van der Waals surface area contributed by atoms with Gasteiger partial charge in [-0.1, -0.05) is 11.6 Å². The highest BCUT2D eigenvalue weighted by Crippen LogP contribution is 2.48. The number of sulfonamides is 1. The second-order valence-corrected chi connectivity index (χ2v) is 11.8. The molecule has 0 bridgehead atoms. The third-order valence-corrected chi connectivity index (χ3v) is 9.53. The topological polar surface area (TPSA) is 80.3 Å². The lowest BCUT2D eigenvalue weighted by molar-refractivity contribution is -0.0452. The molecule has 1 N–H and O–H groups in total. The van der Waals surface area contributed by atoms with Crippen LogP contribution in [-0.2, 0) is 24.6 Å². The number of halogens is 6. The van der Waals surface area contributed by atoms with E-state index in [9.17, 15) is 38.8 Å². The van der Waals surface area contributed by atoms with Crippen LogP contribution in [0.3, 0.4) is 0 Å². The first kappa shape index (κ1) is 24.9. The summed E-state index contributed by atoms with van der Waals surface area (Å²) in [5.41, 5.74) is -6.00. The molecule has 1 saturated carbocycles. The minimum absolute atomic E-state index is 0.236. The lowest BCUT2D eigenvalue weighted by Crippen LogP contribution is -2.48. The molecule has 1 aliphatic carbocycles. The van der Waals surface area contributed by atoms with Crippen LogP contribution < -0.4 is 4.72 Å². The SMILES string of the molecule is O=S(=O)(NC1CCC(c2cc(F)ccc2F)(S(=O)(=O)c2ccc(Cl)cc2)CC1)C(F)(F)F. The van der Waals surface area contributed by atoms with Gasteiger partial charge < -0.3 is 0 Å². The van der Waals surface area contributed by atoms with Crippen molar-refractivity contribution in [2.45, 2.75) is 46.9 Å². The first-order chi connectivity index (χ1) is 14.7. The lowest BCUT2D eigenvalue weighted by Gasteiger charge is -2.40. The first-order valence-electron chi connectivity index (χ1n) is 9.24. The third-order valence-electron chi connectivity index (χ3n) is 5.48. The van der Waals surface area contributed by atoms with Gasteiger partial charge in [0.15, 0.2) is 9.84 Å². The van der Waals surface area contributed by atoms with Crippen LogP contribution in [0.5, 0.6) is 0 Å². The number of hydrogen-bond acceptors (Lipinski definition) is 4. The summed E-state index contributed by atoms with van der Waals surface area (Å²) >= 11 is 5.80. The molecule has 32 heavy (non-hydrogen) atoms. The molecule has 0 heterocycles. The maximum absolute atomic E-state index is 14.7. The maximum Gasteiger partial charge on any atom is 0.511 e. The molecule has 2 aromatic carbocycles. The molecule has 5 nitrogen and oxygen atoms in total. The number of benzene rings is 2. The molecule has 0 unspecified atom stereocenters. The Morgan fingerprint density at radius 3 is 2.03 bits per heavy atom. The minimum atomic E-state index is -5.65. The standard InChI is InChI=1S/C19H17ClF5NO4S2/c20-12-1-4-15(5-2-12)31(27,28)18(16-11-13(21)3-6-17(16)22)9-7-14(8-10-18)26-32(29,30)19(23,24)25/h1-6,11,14,26H,7-10H2. The van der Waals surface area contributed by atoms with Crippen LogP contribution in [0.1, 0.15) is 31.2 Å². The number of nitrogens with one attached hydrogen (secondary N) is 1. The van der Waals surface area contributed by atoms with Gasteiger partial charge in [0.2, 0.25) is 0 Å². The van der Waals surface area contributed by atoms with E-state index in [0.717, 1.165) is 18.2 Å². The van der Waals surface area contributed by atoms with E-state index >= 15 is 0 Å². The molecule has 3 rings (SSSR count). The number of sulfone groups is 1. The second-order valence-electron chi connectivity index (χ2n) is 7.42. The van der Waals surface area contributed by atoms with E-state index < -0.39 is 66.2 Å². The Labute approximate surface area is 186 Å². The van der Waals surface area contributed by atoms with E-state index in [1.54, 1.807) is 0 Å². The van der Waals surface area contributed by atoms with Crippen LogP contribution in [0.4, 0.5) is 22.0 Å². The summed E-state index contributed by atoms with van der Waals surface area (Å²) in [5, 5.41) is 0.236. The van der Waals surface area contributed by atoms with Crippen molar-refractivity contribution in [1.82, 2.24) is 4.72 Å². The van der Waals surface area contributed by atoms with E-state index in [1.807, 2.05) is 0 Å². The van der Waals surface area contributed by atoms with E-state index in [-0.39, 0.29) is 22.8 Å². The van der Waals surface area contributed by atoms with Crippen molar-refractivity contribution in [3.63, 3.8) is 0 Å². The zero-order valence-corrected chi connectivity index (χ0v) is 18.6. The fourth-order valence-corrected chi connectivity index (χ4v) is 6.96. The summed E-state index contributed by atoms with van der Waals surface area (Å²) in [4.78, 5) is -0.236. The lowest BCUT2D eigenvalue weighted by atomic mass is 9.80. The predicted molar refractivity (Wildman–Crippen MR) is 107 cm³/mol. The average molecular weight is 518 g/mol. The van der Waals surface area contributed by atoms with Gasteiger partial charge in [0.25, 0.3) is 0 Å². The predicted octanol–water partition coefficient (Wildman–Crippen LogP) is 4.67. The Kier molecular flexibility index (Phi) is 6.64. The number of rotatable bonds is 5. The van der Waals surface area contributed by atoms with Crippen molar-refractivity contribution >= 4 is 31.5 Å². The third kappa shape index (κ3) is 4.50. The van der Waals surface area contributed by atoms with Crippen LogP contribution in [0.25, 0.3) is 0 Å². The largest absolute Gasteiger partial charge is 0.511 e. The van der Waals surface area contributed by atoms with Crippen molar-refractivity contribution in [2.75, 3.05) is 0 Å². The molecule has 0 atom stereocenters. The van der Waals surface area contributed by atoms with Crippen molar-refractivity contribution in [3.8, 4) is 0 Å². The van der Waals surface area contributed by atoms with Gasteiger partial charge in [-0.15, -0.1) is 0 Å². The molecule has 13 heteroatoms. The Morgan fingerprint density at radius 1 is 0.938 bits per heavy atom. The van der Waals surface area contributed by atoms with Crippen LogP contribution in [0.2, 0.25) is 5.02 Å². The zero-order chi connectivity index (χ0) is 23.9. The van der Waals surface area contributed by atoms with E-state index in [4.69, 9.17) is 11.6 Å². The molecule has 0 aliphatic heterocycles. The van der Waals surface area contributed by atoms with E-state index in [2.05, 4.69) is 0 Å². The Bertz CT molecular complexity index is 1210. The summed E-state index contributed by atoms with van der Waals surface area (Å²) in [6, 6.07) is 6.06. The minimum Gasteiger partial charge on any atom is -0.223 e. The normalized spacial score (nSPS) is 22.6.